The van der Waals surface area contributed by atoms with Crippen molar-refractivity contribution in [3.63, 3.8) is 0 Å². The van der Waals surface area contributed by atoms with E-state index >= 15 is 0 Å². The van der Waals surface area contributed by atoms with Gasteiger partial charge >= 0.3 is 0 Å². The van der Waals surface area contributed by atoms with E-state index in [2.05, 4.69) is 15.6 Å². The lowest BCUT2D eigenvalue weighted by Crippen LogP contribution is -2.53. The van der Waals surface area contributed by atoms with Crippen LogP contribution in [0.3, 0.4) is 0 Å². The average Bonchev–Trinajstić information content (AvgIpc) is 2.38. The molecule has 1 rings (SSSR count). The molecule has 0 spiro atoms. The highest BCUT2D eigenvalue weighted by Gasteiger charge is 2.27. The highest BCUT2D eigenvalue weighted by atomic mass is 16.2. The molecule has 6 nitrogen and oxygen atoms in total. The molecule has 0 saturated carbocycles. The van der Waals surface area contributed by atoms with Crippen LogP contribution < -0.4 is 16.4 Å². The van der Waals surface area contributed by atoms with Crippen LogP contribution >= 0.6 is 0 Å². The molecule has 0 aliphatic carbocycles. The summed E-state index contributed by atoms with van der Waals surface area (Å²) in [4.78, 5) is 27.9. The zero-order valence-electron chi connectivity index (χ0n) is 12.4. The van der Waals surface area contributed by atoms with Gasteiger partial charge in [0.2, 0.25) is 5.91 Å². The molecule has 0 aliphatic rings. The summed E-state index contributed by atoms with van der Waals surface area (Å²) in [7, 11) is 1.74. The quantitative estimate of drug-likeness (QED) is 0.725. The minimum absolute atomic E-state index is 0.343. The van der Waals surface area contributed by atoms with Crippen molar-refractivity contribution in [2.75, 3.05) is 12.4 Å². The van der Waals surface area contributed by atoms with Crippen LogP contribution in [0.5, 0.6) is 0 Å². The van der Waals surface area contributed by atoms with Crippen molar-refractivity contribution in [2.24, 2.45) is 5.73 Å². The number of aryl methyl sites for hydroxylation is 1. The largest absolute Gasteiger partial charge is 0.373 e. The van der Waals surface area contributed by atoms with E-state index < -0.39 is 11.4 Å². The van der Waals surface area contributed by atoms with Gasteiger partial charge in [0.1, 0.15) is 11.4 Å². The molecule has 20 heavy (non-hydrogen) atoms. The van der Waals surface area contributed by atoms with Crippen molar-refractivity contribution in [3.8, 4) is 0 Å². The molecule has 0 unspecified atom stereocenters. The number of nitrogens with zero attached hydrogens (tertiary/aromatic N) is 1. The fourth-order valence-electron chi connectivity index (χ4n) is 1.65. The molecule has 6 heteroatoms. The first-order chi connectivity index (χ1) is 9.30. The van der Waals surface area contributed by atoms with Crippen LogP contribution in [-0.2, 0) is 11.2 Å². The lowest BCUT2D eigenvalue weighted by atomic mass is 10.0. The number of anilines is 1. The Kier molecular flexibility index (Phi) is 5.07. The maximum Gasteiger partial charge on any atom is 0.252 e. The van der Waals surface area contributed by atoms with E-state index in [9.17, 15) is 9.59 Å². The van der Waals surface area contributed by atoms with Crippen LogP contribution in [-0.4, -0.2) is 29.4 Å². The van der Waals surface area contributed by atoms with Crippen molar-refractivity contribution in [1.82, 2.24) is 10.3 Å². The van der Waals surface area contributed by atoms with Gasteiger partial charge in [-0.15, -0.1) is 0 Å². The Hall–Kier alpha value is -2.11. The number of pyridine rings is 1. The van der Waals surface area contributed by atoms with Gasteiger partial charge in [-0.2, -0.15) is 0 Å². The van der Waals surface area contributed by atoms with Crippen molar-refractivity contribution >= 4 is 17.6 Å². The average molecular weight is 278 g/mol. The van der Waals surface area contributed by atoms with E-state index in [0.717, 1.165) is 18.5 Å². The zero-order chi connectivity index (χ0) is 15.3. The van der Waals surface area contributed by atoms with E-state index in [1.807, 2.05) is 6.92 Å². The first kappa shape index (κ1) is 15.9. The first-order valence-corrected chi connectivity index (χ1v) is 6.61. The molecule has 1 aromatic rings. The number of carbonyl (C=O) groups excluding carboxylic acids is 2. The van der Waals surface area contributed by atoms with E-state index in [4.69, 9.17) is 5.73 Å². The van der Waals surface area contributed by atoms with E-state index in [-0.39, 0.29) is 5.91 Å². The van der Waals surface area contributed by atoms with E-state index in [1.165, 1.54) is 0 Å². The molecule has 0 saturated heterocycles. The minimum Gasteiger partial charge on any atom is -0.373 e. The molecule has 4 N–H and O–H groups in total. The number of primary amides is 1. The van der Waals surface area contributed by atoms with Crippen molar-refractivity contribution < 1.29 is 9.59 Å². The van der Waals surface area contributed by atoms with Crippen LogP contribution in [0, 0.1) is 0 Å². The lowest BCUT2D eigenvalue weighted by molar-refractivity contribution is -0.122. The maximum atomic E-state index is 12.2. The standard InChI is InChI=1S/C14H22N4O2/c1-5-6-10-7-9(8-11(16-4)17-10)12(19)18-14(2,3)13(15)20/h7-8H,5-6H2,1-4H3,(H2,15,20)(H,16,17)(H,18,19). The van der Waals surface area contributed by atoms with Crippen LogP contribution in [0.2, 0.25) is 0 Å². The summed E-state index contributed by atoms with van der Waals surface area (Å²) >= 11 is 0. The van der Waals surface area contributed by atoms with Gasteiger partial charge in [0.25, 0.3) is 5.91 Å². The van der Waals surface area contributed by atoms with Gasteiger partial charge < -0.3 is 16.4 Å². The van der Waals surface area contributed by atoms with Crippen LogP contribution in [0.25, 0.3) is 0 Å². The molecular weight excluding hydrogens is 256 g/mol. The number of rotatable bonds is 6. The Labute approximate surface area is 119 Å². The summed E-state index contributed by atoms with van der Waals surface area (Å²) < 4.78 is 0. The van der Waals surface area contributed by atoms with Crippen molar-refractivity contribution in [2.45, 2.75) is 39.2 Å². The predicted octanol–water partition coefficient (Wildman–Crippen LogP) is 1.07. The summed E-state index contributed by atoms with van der Waals surface area (Å²) in [5.74, 6) is -0.300. The fraction of sp³-hybridized carbons (Fsp3) is 0.500. The molecule has 0 bridgehead atoms. The Morgan fingerprint density at radius 3 is 2.50 bits per heavy atom. The highest BCUT2D eigenvalue weighted by Crippen LogP contribution is 2.13. The summed E-state index contributed by atoms with van der Waals surface area (Å²) in [6, 6.07) is 3.38. The molecule has 0 radical (unpaired) electrons. The number of amides is 2. The Bertz CT molecular complexity index is 512. The Balaban J connectivity index is 3.03. The molecule has 0 aliphatic heterocycles. The predicted molar refractivity (Wildman–Crippen MR) is 78.5 cm³/mol. The van der Waals surface area contributed by atoms with Gasteiger partial charge in [-0.1, -0.05) is 13.3 Å². The molecule has 1 heterocycles. The number of hydrogen-bond acceptors (Lipinski definition) is 4. The summed E-state index contributed by atoms with van der Waals surface area (Å²) in [5, 5.41) is 5.55. The Morgan fingerprint density at radius 2 is 2.00 bits per heavy atom. The second-order valence-corrected chi connectivity index (χ2v) is 5.18. The van der Waals surface area contributed by atoms with Crippen molar-refractivity contribution in [1.29, 1.82) is 0 Å². The molecule has 2 amide bonds. The number of hydrogen-bond donors (Lipinski definition) is 3. The lowest BCUT2D eigenvalue weighted by Gasteiger charge is -2.22. The van der Waals surface area contributed by atoms with Gasteiger partial charge in [0.05, 0.1) is 0 Å². The third-order valence-corrected chi connectivity index (χ3v) is 2.94. The maximum absolute atomic E-state index is 12.2. The molecule has 1 aromatic heterocycles. The second-order valence-electron chi connectivity index (χ2n) is 5.18. The normalized spacial score (nSPS) is 11.0. The fourth-order valence-corrected chi connectivity index (χ4v) is 1.65. The summed E-state index contributed by atoms with van der Waals surface area (Å²) in [6.45, 7) is 5.18. The molecule has 0 fully saturated rings. The second kappa shape index (κ2) is 6.36. The number of nitrogens with two attached hydrogens (primary N) is 1. The van der Waals surface area contributed by atoms with Crippen molar-refractivity contribution in [3.05, 3.63) is 23.4 Å². The van der Waals surface area contributed by atoms with Gasteiger partial charge in [-0.05, 0) is 32.4 Å². The summed E-state index contributed by atoms with van der Waals surface area (Å²) in [5.41, 5.74) is 5.45. The molecule has 110 valence electrons. The monoisotopic (exact) mass is 278 g/mol. The number of aromatic nitrogens is 1. The van der Waals surface area contributed by atoms with Gasteiger partial charge in [-0.3, -0.25) is 9.59 Å². The Morgan fingerprint density at radius 1 is 1.35 bits per heavy atom. The summed E-state index contributed by atoms with van der Waals surface area (Å²) in [6.07, 6.45) is 1.73. The number of carbonyl (C=O) groups is 2. The SMILES string of the molecule is CCCc1cc(C(=O)NC(C)(C)C(N)=O)cc(NC)n1. The van der Waals surface area contributed by atoms with Gasteiger partial charge in [0.15, 0.2) is 0 Å². The third-order valence-electron chi connectivity index (χ3n) is 2.94. The van der Waals surface area contributed by atoms with Crippen LogP contribution in [0.15, 0.2) is 12.1 Å². The molecule has 0 atom stereocenters. The zero-order valence-corrected chi connectivity index (χ0v) is 12.4. The minimum atomic E-state index is -1.09. The number of nitrogens with one attached hydrogen (secondary N) is 2. The van der Waals surface area contributed by atoms with E-state index in [1.54, 1.807) is 33.0 Å². The third kappa shape index (κ3) is 3.94. The topological polar surface area (TPSA) is 97.1 Å². The molecule has 0 aromatic carbocycles. The van der Waals surface area contributed by atoms with E-state index in [0.29, 0.717) is 11.4 Å². The van der Waals surface area contributed by atoms with Crippen LogP contribution in [0.1, 0.15) is 43.2 Å². The smallest absolute Gasteiger partial charge is 0.252 e. The first-order valence-electron chi connectivity index (χ1n) is 6.61. The van der Waals surface area contributed by atoms with Gasteiger partial charge in [0, 0.05) is 18.3 Å². The van der Waals surface area contributed by atoms with Crippen LogP contribution in [0.4, 0.5) is 5.82 Å². The van der Waals surface area contributed by atoms with Gasteiger partial charge in [-0.25, -0.2) is 4.98 Å². The highest BCUT2D eigenvalue weighted by molar-refractivity contribution is 5.99. The molecular formula is C14H22N4O2.